The fraction of sp³-hybridized carbons (Fsp3) is 0.333. The highest BCUT2D eigenvalue weighted by Gasteiger charge is 2.24. The van der Waals surface area contributed by atoms with Gasteiger partial charge in [-0.25, -0.2) is 0 Å². The van der Waals surface area contributed by atoms with Crippen molar-refractivity contribution in [2.75, 3.05) is 25.0 Å². The number of amides is 2. The van der Waals surface area contributed by atoms with Gasteiger partial charge in [-0.15, -0.1) is 0 Å². The molecule has 1 atom stereocenters. The van der Waals surface area contributed by atoms with Gasteiger partial charge in [-0.05, 0) is 48.4 Å². The van der Waals surface area contributed by atoms with Crippen molar-refractivity contribution < 1.29 is 14.7 Å². The third-order valence-electron chi connectivity index (χ3n) is 4.22. The first-order chi connectivity index (χ1) is 11.7. The molecular formula is C18H20N2O3S. The van der Waals surface area contributed by atoms with Crippen LogP contribution >= 0.6 is 11.3 Å². The molecule has 1 saturated heterocycles. The standard InChI is InChI=1S/C18H20N2O3S/c21-11-13-3-2-7-20(10-13)18(23)14-4-1-5-16(9-14)19-17(22)15-6-8-24-12-15/h1,4-6,8-9,12-13,21H,2-3,7,10-11H2,(H,19,22). The van der Waals surface area contributed by atoms with E-state index in [1.807, 2.05) is 5.38 Å². The van der Waals surface area contributed by atoms with E-state index in [1.54, 1.807) is 40.6 Å². The number of anilines is 1. The lowest BCUT2D eigenvalue weighted by molar-refractivity contribution is 0.0620. The van der Waals surface area contributed by atoms with Gasteiger partial charge in [0, 0.05) is 36.3 Å². The van der Waals surface area contributed by atoms with Crippen molar-refractivity contribution in [2.45, 2.75) is 12.8 Å². The Morgan fingerprint density at radius 2 is 2.17 bits per heavy atom. The van der Waals surface area contributed by atoms with Gasteiger partial charge in [-0.3, -0.25) is 9.59 Å². The molecule has 5 nitrogen and oxygen atoms in total. The van der Waals surface area contributed by atoms with Crippen molar-refractivity contribution in [3.8, 4) is 0 Å². The van der Waals surface area contributed by atoms with Gasteiger partial charge in [0.05, 0.1) is 5.56 Å². The second kappa shape index (κ2) is 7.59. The number of hydrogen-bond acceptors (Lipinski definition) is 4. The molecule has 0 radical (unpaired) electrons. The number of likely N-dealkylation sites (tertiary alicyclic amines) is 1. The Kier molecular flexibility index (Phi) is 5.27. The van der Waals surface area contributed by atoms with Crippen LogP contribution in [0, 0.1) is 5.92 Å². The molecule has 0 aliphatic carbocycles. The molecule has 1 aromatic carbocycles. The Labute approximate surface area is 144 Å². The van der Waals surface area contributed by atoms with E-state index in [0.717, 1.165) is 12.8 Å². The zero-order chi connectivity index (χ0) is 16.9. The van der Waals surface area contributed by atoms with Crippen LogP contribution in [0.2, 0.25) is 0 Å². The molecule has 24 heavy (non-hydrogen) atoms. The van der Waals surface area contributed by atoms with Crippen LogP contribution in [0.5, 0.6) is 0 Å². The minimum atomic E-state index is -0.181. The number of thiophene rings is 1. The third kappa shape index (κ3) is 3.83. The molecule has 1 fully saturated rings. The largest absolute Gasteiger partial charge is 0.396 e. The van der Waals surface area contributed by atoms with E-state index < -0.39 is 0 Å². The minimum absolute atomic E-state index is 0.0558. The molecule has 2 N–H and O–H groups in total. The number of nitrogens with zero attached hydrogens (tertiary/aromatic N) is 1. The monoisotopic (exact) mass is 344 g/mol. The summed E-state index contributed by atoms with van der Waals surface area (Å²) < 4.78 is 0. The van der Waals surface area contributed by atoms with Crippen LogP contribution in [0.1, 0.15) is 33.6 Å². The van der Waals surface area contributed by atoms with Crippen molar-refractivity contribution in [3.63, 3.8) is 0 Å². The first-order valence-corrected chi connectivity index (χ1v) is 8.95. The average molecular weight is 344 g/mol. The predicted molar refractivity (Wildman–Crippen MR) is 94.4 cm³/mol. The molecular weight excluding hydrogens is 324 g/mol. The van der Waals surface area contributed by atoms with Gasteiger partial charge in [0.1, 0.15) is 0 Å². The fourth-order valence-electron chi connectivity index (χ4n) is 2.91. The number of nitrogens with one attached hydrogen (secondary N) is 1. The smallest absolute Gasteiger partial charge is 0.256 e. The van der Waals surface area contributed by atoms with Crippen LogP contribution in [-0.4, -0.2) is 41.5 Å². The summed E-state index contributed by atoms with van der Waals surface area (Å²) in [6, 6.07) is 8.76. The molecule has 126 valence electrons. The number of aliphatic hydroxyl groups excluding tert-OH is 1. The van der Waals surface area contributed by atoms with Crippen LogP contribution in [0.3, 0.4) is 0 Å². The van der Waals surface area contributed by atoms with Gasteiger partial charge in [-0.2, -0.15) is 11.3 Å². The molecule has 1 aromatic heterocycles. The SMILES string of the molecule is O=C(Nc1cccc(C(=O)N2CCCC(CO)C2)c1)c1ccsc1. The summed E-state index contributed by atoms with van der Waals surface area (Å²) in [4.78, 5) is 26.6. The summed E-state index contributed by atoms with van der Waals surface area (Å²) in [7, 11) is 0. The topological polar surface area (TPSA) is 69.6 Å². The molecule has 6 heteroatoms. The van der Waals surface area contributed by atoms with Gasteiger partial charge in [0.25, 0.3) is 11.8 Å². The van der Waals surface area contributed by atoms with Gasteiger partial charge < -0.3 is 15.3 Å². The normalized spacial score (nSPS) is 17.5. The molecule has 0 saturated carbocycles. The van der Waals surface area contributed by atoms with Crippen molar-refractivity contribution >= 4 is 28.8 Å². The zero-order valence-corrected chi connectivity index (χ0v) is 14.1. The summed E-state index contributed by atoms with van der Waals surface area (Å²) in [6.07, 6.45) is 1.86. The highest BCUT2D eigenvalue weighted by atomic mass is 32.1. The molecule has 0 bridgehead atoms. The number of carbonyl (C=O) groups is 2. The fourth-order valence-corrected chi connectivity index (χ4v) is 3.54. The summed E-state index contributed by atoms with van der Waals surface area (Å²) in [6.45, 7) is 1.40. The first-order valence-electron chi connectivity index (χ1n) is 8.01. The summed E-state index contributed by atoms with van der Waals surface area (Å²) >= 11 is 1.47. The van der Waals surface area contributed by atoms with Crippen molar-refractivity contribution in [1.29, 1.82) is 0 Å². The van der Waals surface area contributed by atoms with Gasteiger partial charge in [0.15, 0.2) is 0 Å². The van der Waals surface area contributed by atoms with Gasteiger partial charge in [0.2, 0.25) is 0 Å². The summed E-state index contributed by atoms with van der Waals surface area (Å²) in [5, 5.41) is 15.8. The number of aliphatic hydroxyl groups is 1. The average Bonchev–Trinajstić information content (AvgIpc) is 3.16. The number of hydrogen-bond donors (Lipinski definition) is 2. The third-order valence-corrected chi connectivity index (χ3v) is 4.90. The maximum atomic E-state index is 12.7. The van der Waals surface area contributed by atoms with Crippen molar-refractivity contribution in [3.05, 3.63) is 52.2 Å². The van der Waals surface area contributed by atoms with Gasteiger partial charge in [-0.1, -0.05) is 6.07 Å². The number of piperidine rings is 1. The Hall–Kier alpha value is -2.18. The van der Waals surface area contributed by atoms with Crippen molar-refractivity contribution in [1.82, 2.24) is 4.90 Å². The number of benzene rings is 1. The number of rotatable bonds is 4. The Bertz CT molecular complexity index is 715. The van der Waals surface area contributed by atoms with Crippen LogP contribution in [-0.2, 0) is 0 Å². The molecule has 1 aliphatic rings. The first kappa shape index (κ1) is 16.7. The van der Waals surface area contributed by atoms with E-state index >= 15 is 0 Å². The van der Waals surface area contributed by atoms with E-state index in [-0.39, 0.29) is 24.3 Å². The quantitative estimate of drug-likeness (QED) is 0.896. The highest BCUT2D eigenvalue weighted by Crippen LogP contribution is 2.20. The zero-order valence-electron chi connectivity index (χ0n) is 13.3. The second-order valence-electron chi connectivity index (χ2n) is 5.99. The maximum Gasteiger partial charge on any atom is 0.256 e. The van der Waals surface area contributed by atoms with E-state index in [1.165, 1.54) is 11.3 Å². The minimum Gasteiger partial charge on any atom is -0.396 e. The molecule has 2 aromatic rings. The van der Waals surface area contributed by atoms with Crippen LogP contribution in [0.15, 0.2) is 41.1 Å². The van der Waals surface area contributed by atoms with Gasteiger partial charge >= 0.3 is 0 Å². The Balaban J connectivity index is 1.70. The summed E-state index contributed by atoms with van der Waals surface area (Å²) in [5.74, 6) is -0.0804. The molecule has 1 aliphatic heterocycles. The molecule has 3 rings (SSSR count). The lowest BCUT2D eigenvalue weighted by Crippen LogP contribution is -2.40. The van der Waals surface area contributed by atoms with E-state index in [0.29, 0.717) is 29.9 Å². The predicted octanol–water partition coefficient (Wildman–Crippen LogP) is 2.84. The second-order valence-corrected chi connectivity index (χ2v) is 6.77. The lowest BCUT2D eigenvalue weighted by Gasteiger charge is -2.32. The lowest BCUT2D eigenvalue weighted by atomic mass is 9.98. The molecule has 1 unspecified atom stereocenters. The Morgan fingerprint density at radius 3 is 2.92 bits per heavy atom. The molecule has 2 heterocycles. The van der Waals surface area contributed by atoms with Crippen molar-refractivity contribution in [2.24, 2.45) is 5.92 Å². The summed E-state index contributed by atoms with van der Waals surface area (Å²) in [5.41, 5.74) is 1.77. The van der Waals surface area contributed by atoms with Crippen LogP contribution in [0.4, 0.5) is 5.69 Å². The number of carbonyl (C=O) groups excluding carboxylic acids is 2. The molecule has 2 amide bonds. The molecule has 0 spiro atoms. The van der Waals surface area contributed by atoms with E-state index in [9.17, 15) is 14.7 Å². The highest BCUT2D eigenvalue weighted by molar-refractivity contribution is 7.08. The van der Waals surface area contributed by atoms with Crippen LogP contribution < -0.4 is 5.32 Å². The Morgan fingerprint density at radius 1 is 1.29 bits per heavy atom. The van der Waals surface area contributed by atoms with E-state index in [2.05, 4.69) is 5.32 Å². The van der Waals surface area contributed by atoms with Crippen LogP contribution in [0.25, 0.3) is 0 Å². The van der Waals surface area contributed by atoms with E-state index in [4.69, 9.17) is 0 Å². The maximum absolute atomic E-state index is 12.7.